The van der Waals surface area contributed by atoms with Crippen LogP contribution in [0.5, 0.6) is 11.5 Å². The minimum absolute atomic E-state index is 0.0736. The zero-order valence-electron chi connectivity index (χ0n) is 15.1. The third-order valence-corrected chi connectivity index (χ3v) is 5.92. The fourth-order valence-electron chi connectivity index (χ4n) is 2.66. The van der Waals surface area contributed by atoms with E-state index in [2.05, 4.69) is 5.32 Å². The van der Waals surface area contributed by atoms with E-state index in [0.29, 0.717) is 18.0 Å². The molecule has 1 unspecified atom stereocenters. The summed E-state index contributed by atoms with van der Waals surface area (Å²) in [6.45, 7) is 0.438. The van der Waals surface area contributed by atoms with Crippen LogP contribution in [0.25, 0.3) is 0 Å². The summed E-state index contributed by atoms with van der Waals surface area (Å²) in [4.78, 5) is 14.1. The van der Waals surface area contributed by atoms with Crippen LogP contribution in [0, 0.1) is 0 Å². The summed E-state index contributed by atoms with van der Waals surface area (Å²) in [7, 11) is 3.15. The number of ether oxygens (including phenoxy) is 2. The molecular formula is C20H21NO4S2. The number of aliphatic hydroxyl groups excluding tert-OH is 1. The van der Waals surface area contributed by atoms with Gasteiger partial charge >= 0.3 is 0 Å². The van der Waals surface area contributed by atoms with Gasteiger partial charge in [0.25, 0.3) is 0 Å². The molecule has 0 spiro atoms. The molecule has 2 aromatic heterocycles. The molecule has 1 amide bonds. The molecule has 142 valence electrons. The Labute approximate surface area is 166 Å². The molecule has 0 aliphatic carbocycles. The lowest BCUT2D eigenvalue weighted by atomic mass is 10.1. The van der Waals surface area contributed by atoms with Gasteiger partial charge in [0.1, 0.15) is 6.10 Å². The number of thiophene rings is 2. The van der Waals surface area contributed by atoms with Gasteiger partial charge in [0.2, 0.25) is 5.91 Å². The molecule has 0 saturated carbocycles. The number of methoxy groups -OCH3 is 2. The minimum Gasteiger partial charge on any atom is -0.493 e. The van der Waals surface area contributed by atoms with Crippen molar-refractivity contribution in [2.24, 2.45) is 0 Å². The van der Waals surface area contributed by atoms with E-state index < -0.39 is 6.10 Å². The topological polar surface area (TPSA) is 67.8 Å². The van der Waals surface area contributed by atoms with Crippen LogP contribution < -0.4 is 14.8 Å². The van der Waals surface area contributed by atoms with E-state index in [1.807, 2.05) is 35.0 Å². The molecule has 7 heteroatoms. The van der Waals surface area contributed by atoms with Crippen molar-refractivity contribution in [3.63, 3.8) is 0 Å². The van der Waals surface area contributed by atoms with E-state index in [1.165, 1.54) is 11.3 Å². The average molecular weight is 404 g/mol. The SMILES string of the molecule is COc1ccc(CC(=O)NCc2ccc(C(O)c3ccsc3)s2)cc1OC. The minimum atomic E-state index is -0.613. The second-order valence-electron chi connectivity index (χ2n) is 5.91. The molecular weight excluding hydrogens is 382 g/mol. The van der Waals surface area contributed by atoms with Gasteiger partial charge in [-0.15, -0.1) is 11.3 Å². The smallest absolute Gasteiger partial charge is 0.224 e. The molecule has 3 aromatic rings. The summed E-state index contributed by atoms with van der Waals surface area (Å²) in [5.74, 6) is 1.17. The third-order valence-electron chi connectivity index (χ3n) is 4.08. The highest BCUT2D eigenvalue weighted by Crippen LogP contribution is 2.30. The molecule has 0 aliphatic heterocycles. The van der Waals surface area contributed by atoms with Crippen molar-refractivity contribution >= 4 is 28.6 Å². The Balaban J connectivity index is 1.55. The third kappa shape index (κ3) is 4.88. The molecule has 3 rings (SSSR count). The van der Waals surface area contributed by atoms with Crippen LogP contribution in [-0.2, 0) is 17.8 Å². The van der Waals surface area contributed by atoms with Crippen molar-refractivity contribution in [2.45, 2.75) is 19.1 Å². The number of rotatable bonds is 8. The van der Waals surface area contributed by atoms with Crippen LogP contribution >= 0.6 is 22.7 Å². The van der Waals surface area contributed by atoms with Crippen LogP contribution in [0.15, 0.2) is 47.2 Å². The van der Waals surface area contributed by atoms with Crippen molar-refractivity contribution in [3.05, 3.63) is 68.0 Å². The van der Waals surface area contributed by atoms with E-state index in [9.17, 15) is 9.90 Å². The standard InChI is InChI=1S/C20H21NO4S2/c1-24-16-5-3-13(9-17(16)25-2)10-19(22)21-11-15-4-6-18(27-15)20(23)14-7-8-26-12-14/h3-9,12,20,23H,10-11H2,1-2H3,(H,21,22). The van der Waals surface area contributed by atoms with Crippen LogP contribution in [-0.4, -0.2) is 25.2 Å². The van der Waals surface area contributed by atoms with E-state index in [4.69, 9.17) is 9.47 Å². The highest BCUT2D eigenvalue weighted by atomic mass is 32.1. The largest absolute Gasteiger partial charge is 0.493 e. The maximum atomic E-state index is 12.2. The lowest BCUT2D eigenvalue weighted by Crippen LogP contribution is -2.24. The zero-order chi connectivity index (χ0) is 19.2. The average Bonchev–Trinajstić information content (AvgIpc) is 3.37. The predicted molar refractivity (Wildman–Crippen MR) is 108 cm³/mol. The first kappa shape index (κ1) is 19.4. The number of carbonyl (C=O) groups is 1. The molecule has 1 aromatic carbocycles. The number of hydrogen-bond donors (Lipinski definition) is 2. The van der Waals surface area contributed by atoms with Gasteiger partial charge in [-0.3, -0.25) is 4.79 Å². The molecule has 0 fully saturated rings. The van der Waals surface area contributed by atoms with Crippen molar-refractivity contribution in [1.82, 2.24) is 5.32 Å². The van der Waals surface area contributed by atoms with Gasteiger partial charge in [0.05, 0.1) is 27.2 Å². The molecule has 0 aliphatic rings. The molecule has 5 nitrogen and oxygen atoms in total. The van der Waals surface area contributed by atoms with E-state index in [0.717, 1.165) is 20.9 Å². The highest BCUT2D eigenvalue weighted by molar-refractivity contribution is 7.12. The number of nitrogens with one attached hydrogen (secondary N) is 1. The Kier molecular flexibility index (Phi) is 6.49. The lowest BCUT2D eigenvalue weighted by molar-refractivity contribution is -0.120. The molecule has 27 heavy (non-hydrogen) atoms. The normalized spacial score (nSPS) is 11.8. The zero-order valence-corrected chi connectivity index (χ0v) is 16.7. The second-order valence-corrected chi connectivity index (χ2v) is 7.89. The molecule has 0 saturated heterocycles. The first-order valence-corrected chi connectivity index (χ1v) is 10.1. The monoisotopic (exact) mass is 403 g/mol. The van der Waals surface area contributed by atoms with Crippen LogP contribution in [0.1, 0.15) is 27.0 Å². The Morgan fingerprint density at radius 1 is 1.15 bits per heavy atom. The van der Waals surface area contributed by atoms with Gasteiger partial charge in [0.15, 0.2) is 11.5 Å². The summed E-state index contributed by atoms with van der Waals surface area (Å²) in [5, 5.41) is 17.2. The van der Waals surface area contributed by atoms with Crippen molar-refractivity contribution in [1.29, 1.82) is 0 Å². The number of amides is 1. The molecule has 2 N–H and O–H groups in total. The van der Waals surface area contributed by atoms with Crippen molar-refractivity contribution in [3.8, 4) is 11.5 Å². The fourth-order valence-corrected chi connectivity index (χ4v) is 4.30. The van der Waals surface area contributed by atoms with Gasteiger partial charge in [0, 0.05) is 9.75 Å². The van der Waals surface area contributed by atoms with Crippen LogP contribution in [0.2, 0.25) is 0 Å². The van der Waals surface area contributed by atoms with E-state index in [-0.39, 0.29) is 12.3 Å². The number of carbonyl (C=O) groups excluding carboxylic acids is 1. The molecule has 0 radical (unpaired) electrons. The predicted octanol–water partition coefficient (Wildman–Crippen LogP) is 3.77. The maximum absolute atomic E-state index is 12.2. The summed E-state index contributed by atoms with van der Waals surface area (Å²) in [5.41, 5.74) is 1.75. The highest BCUT2D eigenvalue weighted by Gasteiger charge is 2.14. The quantitative estimate of drug-likeness (QED) is 0.601. The summed E-state index contributed by atoms with van der Waals surface area (Å²) in [6, 6.07) is 11.2. The Hall–Kier alpha value is -2.35. The molecule has 0 bridgehead atoms. The Morgan fingerprint density at radius 3 is 2.67 bits per heavy atom. The van der Waals surface area contributed by atoms with Crippen molar-refractivity contribution < 1.29 is 19.4 Å². The summed E-state index contributed by atoms with van der Waals surface area (Å²) in [6.07, 6.45) is -0.353. The first-order valence-electron chi connectivity index (χ1n) is 8.37. The summed E-state index contributed by atoms with van der Waals surface area (Å²) < 4.78 is 10.5. The van der Waals surface area contributed by atoms with E-state index >= 15 is 0 Å². The van der Waals surface area contributed by atoms with Gasteiger partial charge in [-0.2, -0.15) is 11.3 Å². The van der Waals surface area contributed by atoms with Gasteiger partial charge in [-0.25, -0.2) is 0 Å². The van der Waals surface area contributed by atoms with Gasteiger partial charge in [-0.05, 0) is 52.2 Å². The van der Waals surface area contributed by atoms with E-state index in [1.54, 1.807) is 37.7 Å². The number of benzene rings is 1. The maximum Gasteiger partial charge on any atom is 0.224 e. The van der Waals surface area contributed by atoms with Gasteiger partial charge < -0.3 is 19.9 Å². The fraction of sp³-hybridized carbons (Fsp3) is 0.250. The molecule has 1 atom stereocenters. The summed E-state index contributed by atoms with van der Waals surface area (Å²) >= 11 is 3.06. The Morgan fingerprint density at radius 2 is 1.96 bits per heavy atom. The Bertz CT molecular complexity index is 889. The van der Waals surface area contributed by atoms with Crippen LogP contribution in [0.3, 0.4) is 0 Å². The number of aliphatic hydroxyl groups is 1. The molecule has 2 heterocycles. The first-order chi connectivity index (χ1) is 13.1. The second kappa shape index (κ2) is 9.03. The van der Waals surface area contributed by atoms with Gasteiger partial charge in [-0.1, -0.05) is 6.07 Å². The van der Waals surface area contributed by atoms with Crippen LogP contribution in [0.4, 0.5) is 0 Å². The van der Waals surface area contributed by atoms with Crippen molar-refractivity contribution in [2.75, 3.05) is 14.2 Å². The number of hydrogen-bond acceptors (Lipinski definition) is 6. The lowest BCUT2D eigenvalue weighted by Gasteiger charge is -2.09.